The Morgan fingerprint density at radius 3 is 2.28 bits per heavy atom. The predicted molar refractivity (Wildman–Crippen MR) is 70.0 cm³/mol. The smallest absolute Gasteiger partial charge is 0.239 e. The highest BCUT2D eigenvalue weighted by Gasteiger charge is 2.23. The summed E-state index contributed by atoms with van der Waals surface area (Å²) >= 11 is 0. The molecule has 0 heterocycles. The van der Waals surface area contributed by atoms with Gasteiger partial charge in [-0.25, -0.2) is 0 Å². The number of amides is 1. The number of hydrogen-bond acceptors (Lipinski definition) is 4. The minimum Gasteiger partial charge on any atom is -0.496 e. The van der Waals surface area contributed by atoms with Crippen molar-refractivity contribution in [3.8, 4) is 11.5 Å². The van der Waals surface area contributed by atoms with Crippen molar-refractivity contribution < 1.29 is 14.3 Å². The van der Waals surface area contributed by atoms with E-state index in [9.17, 15) is 4.79 Å². The van der Waals surface area contributed by atoms with Gasteiger partial charge in [0.15, 0.2) is 0 Å². The fourth-order valence-corrected chi connectivity index (χ4v) is 2.04. The maximum absolute atomic E-state index is 11.5. The first kappa shape index (κ1) is 14.3. The molecule has 0 aliphatic carbocycles. The van der Waals surface area contributed by atoms with Gasteiger partial charge in [0.1, 0.15) is 17.5 Å². The molecule has 1 atom stereocenters. The fraction of sp³-hybridized carbons (Fsp3) is 0.462. The minimum atomic E-state index is -0.604. The summed E-state index contributed by atoms with van der Waals surface area (Å²) < 4.78 is 10.7. The van der Waals surface area contributed by atoms with Gasteiger partial charge in [-0.2, -0.15) is 0 Å². The Kier molecular flexibility index (Phi) is 4.55. The van der Waals surface area contributed by atoms with Crippen LogP contribution in [0.3, 0.4) is 0 Å². The molecule has 0 aliphatic heterocycles. The molecule has 1 unspecified atom stereocenters. The second-order valence-corrected chi connectivity index (χ2v) is 4.08. The fourth-order valence-electron chi connectivity index (χ4n) is 2.04. The van der Waals surface area contributed by atoms with Crippen LogP contribution in [0.1, 0.15) is 22.7 Å². The molecule has 0 bridgehead atoms. The van der Waals surface area contributed by atoms with Crippen LogP contribution in [-0.4, -0.2) is 27.2 Å². The van der Waals surface area contributed by atoms with Gasteiger partial charge >= 0.3 is 0 Å². The summed E-state index contributed by atoms with van der Waals surface area (Å²) in [7, 11) is 4.85. The number of nitrogens with two attached hydrogens (primary N) is 1. The third-order valence-corrected chi connectivity index (χ3v) is 3.13. The molecule has 5 nitrogen and oxygen atoms in total. The average molecular weight is 252 g/mol. The SMILES string of the molecule is CNC(C(N)=O)c1cc(OC)c(C)c(C)c1OC. The van der Waals surface area contributed by atoms with Crippen molar-refractivity contribution in [2.45, 2.75) is 19.9 Å². The Morgan fingerprint density at radius 2 is 1.89 bits per heavy atom. The summed E-state index contributed by atoms with van der Waals surface area (Å²) in [6.45, 7) is 3.87. The van der Waals surface area contributed by atoms with Gasteiger partial charge in [0.05, 0.1) is 14.2 Å². The van der Waals surface area contributed by atoms with E-state index >= 15 is 0 Å². The second-order valence-electron chi connectivity index (χ2n) is 4.08. The summed E-state index contributed by atoms with van der Waals surface area (Å²) in [5.41, 5.74) is 7.99. The summed E-state index contributed by atoms with van der Waals surface area (Å²) in [5.74, 6) is 0.914. The summed E-state index contributed by atoms with van der Waals surface area (Å²) in [4.78, 5) is 11.5. The number of ether oxygens (including phenoxy) is 2. The molecule has 3 N–H and O–H groups in total. The molecule has 1 amide bonds. The molecule has 0 aromatic heterocycles. The first-order valence-corrected chi connectivity index (χ1v) is 5.66. The van der Waals surface area contributed by atoms with Gasteiger partial charge in [-0.05, 0) is 38.1 Å². The first-order valence-electron chi connectivity index (χ1n) is 5.66. The van der Waals surface area contributed by atoms with E-state index in [1.165, 1.54) is 0 Å². The zero-order valence-electron chi connectivity index (χ0n) is 11.5. The summed E-state index contributed by atoms with van der Waals surface area (Å²) in [6.07, 6.45) is 0. The molecule has 0 aliphatic rings. The van der Waals surface area contributed by atoms with Crippen LogP contribution < -0.4 is 20.5 Å². The lowest BCUT2D eigenvalue weighted by atomic mass is 9.97. The molecule has 0 spiro atoms. The molecule has 18 heavy (non-hydrogen) atoms. The van der Waals surface area contributed by atoms with Crippen molar-refractivity contribution in [1.29, 1.82) is 0 Å². The molecule has 0 saturated carbocycles. The topological polar surface area (TPSA) is 73.6 Å². The van der Waals surface area contributed by atoms with Crippen molar-refractivity contribution >= 4 is 5.91 Å². The summed E-state index contributed by atoms with van der Waals surface area (Å²) in [6, 6.07) is 1.18. The lowest BCUT2D eigenvalue weighted by Crippen LogP contribution is -2.31. The van der Waals surface area contributed by atoms with Gasteiger partial charge in [-0.1, -0.05) is 0 Å². The molecule has 5 heteroatoms. The van der Waals surface area contributed by atoms with E-state index in [1.807, 2.05) is 13.8 Å². The summed E-state index contributed by atoms with van der Waals surface area (Å²) in [5, 5.41) is 2.88. The molecule has 100 valence electrons. The molecule has 1 aromatic rings. The highest BCUT2D eigenvalue weighted by atomic mass is 16.5. The van der Waals surface area contributed by atoms with Gasteiger partial charge in [-0.15, -0.1) is 0 Å². The van der Waals surface area contributed by atoms with Crippen LogP contribution in [0, 0.1) is 13.8 Å². The van der Waals surface area contributed by atoms with Gasteiger partial charge in [0, 0.05) is 5.56 Å². The van der Waals surface area contributed by atoms with Crippen molar-refractivity contribution in [3.63, 3.8) is 0 Å². The highest BCUT2D eigenvalue weighted by molar-refractivity contribution is 5.83. The number of nitrogens with one attached hydrogen (secondary N) is 1. The number of hydrogen-bond donors (Lipinski definition) is 2. The molecule has 0 saturated heterocycles. The number of carbonyl (C=O) groups excluding carboxylic acids is 1. The van der Waals surface area contributed by atoms with E-state index in [4.69, 9.17) is 15.2 Å². The lowest BCUT2D eigenvalue weighted by Gasteiger charge is -2.21. The van der Waals surface area contributed by atoms with Crippen molar-refractivity contribution in [2.75, 3.05) is 21.3 Å². The lowest BCUT2D eigenvalue weighted by molar-refractivity contribution is -0.120. The Bertz CT molecular complexity index is 458. The number of carbonyl (C=O) groups is 1. The minimum absolute atomic E-state index is 0.457. The zero-order chi connectivity index (χ0) is 13.9. The Labute approximate surface area is 107 Å². The van der Waals surface area contributed by atoms with Crippen LogP contribution >= 0.6 is 0 Å². The van der Waals surface area contributed by atoms with E-state index in [1.54, 1.807) is 27.3 Å². The molecular formula is C13H20N2O3. The van der Waals surface area contributed by atoms with Crippen LogP contribution in [0.5, 0.6) is 11.5 Å². The van der Waals surface area contributed by atoms with Gasteiger partial charge in [0.25, 0.3) is 0 Å². The number of benzene rings is 1. The van der Waals surface area contributed by atoms with Crippen LogP contribution in [0.4, 0.5) is 0 Å². The third kappa shape index (κ3) is 2.41. The largest absolute Gasteiger partial charge is 0.496 e. The molecular weight excluding hydrogens is 232 g/mol. The third-order valence-electron chi connectivity index (χ3n) is 3.13. The molecule has 1 rings (SSSR count). The normalized spacial score (nSPS) is 12.1. The number of likely N-dealkylation sites (N-methyl/N-ethyl adjacent to an activating group) is 1. The van der Waals surface area contributed by atoms with Gasteiger partial charge in [0.2, 0.25) is 5.91 Å². The van der Waals surface area contributed by atoms with E-state index in [0.29, 0.717) is 17.1 Å². The standard InChI is InChI=1S/C13H20N2O3/c1-7-8(2)12(18-5)9(6-10(7)17-4)11(15-3)13(14)16/h6,11,15H,1-5H3,(H2,14,16). The van der Waals surface area contributed by atoms with E-state index < -0.39 is 11.9 Å². The van der Waals surface area contributed by atoms with Gasteiger partial charge < -0.3 is 20.5 Å². The second kappa shape index (κ2) is 5.73. The van der Waals surface area contributed by atoms with Crippen molar-refractivity contribution in [2.24, 2.45) is 5.73 Å². The monoisotopic (exact) mass is 252 g/mol. The number of rotatable bonds is 5. The van der Waals surface area contributed by atoms with Crippen molar-refractivity contribution in [1.82, 2.24) is 5.32 Å². The van der Waals surface area contributed by atoms with Crippen LogP contribution in [0.15, 0.2) is 6.07 Å². The van der Waals surface area contributed by atoms with Crippen molar-refractivity contribution in [3.05, 3.63) is 22.8 Å². The van der Waals surface area contributed by atoms with E-state index in [0.717, 1.165) is 11.1 Å². The highest BCUT2D eigenvalue weighted by Crippen LogP contribution is 2.36. The number of methoxy groups -OCH3 is 2. The maximum Gasteiger partial charge on any atom is 0.239 e. The quantitative estimate of drug-likeness (QED) is 0.822. The first-order chi connectivity index (χ1) is 8.47. The molecule has 0 fully saturated rings. The van der Waals surface area contributed by atoms with Gasteiger partial charge in [-0.3, -0.25) is 4.79 Å². The maximum atomic E-state index is 11.5. The zero-order valence-corrected chi connectivity index (χ0v) is 11.5. The Hall–Kier alpha value is -1.75. The molecule has 0 radical (unpaired) electrons. The van der Waals surface area contributed by atoms with E-state index in [2.05, 4.69) is 5.32 Å². The average Bonchev–Trinajstić information content (AvgIpc) is 2.34. The molecule has 1 aromatic carbocycles. The predicted octanol–water partition coefficient (Wildman–Crippen LogP) is 1.07. The number of primary amides is 1. The Morgan fingerprint density at radius 1 is 1.28 bits per heavy atom. The van der Waals surface area contributed by atoms with E-state index in [-0.39, 0.29) is 0 Å². The Balaban J connectivity index is 3.50. The van der Waals surface area contributed by atoms with Crippen LogP contribution in [-0.2, 0) is 4.79 Å². The van der Waals surface area contributed by atoms with Crippen LogP contribution in [0.2, 0.25) is 0 Å². The van der Waals surface area contributed by atoms with Crippen LogP contribution in [0.25, 0.3) is 0 Å².